The third kappa shape index (κ3) is 37.1. The molecule has 496 valence electrons. The lowest BCUT2D eigenvalue weighted by Crippen LogP contribution is -2.49. The highest BCUT2D eigenvalue weighted by Gasteiger charge is 2.36. The first-order chi connectivity index (χ1) is 40.8. The van der Waals surface area contributed by atoms with E-state index in [1.807, 2.05) is 41.5 Å². The fraction of sp³-hybridized carbons (Fsp3) is 0.759. The molecule has 87 heavy (non-hydrogen) atoms. The van der Waals surface area contributed by atoms with Crippen LogP contribution in [0.2, 0.25) is 0 Å². The molecule has 25 N–H and O–H groups in total. The van der Waals surface area contributed by atoms with E-state index in [2.05, 4.69) is 41.2 Å². The normalized spacial score (nSPS) is 14.3. The van der Waals surface area contributed by atoms with Crippen molar-refractivity contribution in [2.24, 2.45) is 125 Å². The van der Waals surface area contributed by atoms with Crippen LogP contribution < -0.4 is 78.6 Å². The molecule has 0 aliphatic carbocycles. The van der Waals surface area contributed by atoms with Gasteiger partial charge in [0.15, 0.2) is 47.0 Å². The molecule has 9 atom stereocenters. The van der Waals surface area contributed by atoms with Crippen LogP contribution in [0.5, 0.6) is 0 Å². The molecule has 0 aromatic carbocycles. The summed E-state index contributed by atoms with van der Waals surface area (Å²) in [4.78, 5) is 155. The predicted molar refractivity (Wildman–Crippen MR) is 336 cm³/mol. The SMILES string of the molecule is CC(=O)C[C@@H](CC(C)C)C(=O)N[C@@H](CCCN=C(N)N)C(=O)C[C@@H](CCCCN)C(=O)N[C@@H](CCCN=C(N)N)C(=O)C[C@@H](CCCN=C(N)N)C(=O)N[C@@H](CCCN=C(N)N)C(=O)C[C@@H](CC(C)C)C(=O)N[C@@H](CC(C)C)C(=O)C[C@@H](CO)C(N)=O. The number of carbonyl (C=O) groups excluding carboxylic acids is 10. The zero-order valence-electron chi connectivity index (χ0n) is 52.7. The Balaban J connectivity index is 7.46. The standard InChI is InChI=1S/C58H108N18O11/c1-33(2)24-39(27-36(7)78)53(86)75-43(17-12-22-71-57(65)66)46(79)28-37(14-8-9-19-59)51(84)73-42(16-11-21-70-56(63)64)47(80)29-38(15-10-20-69-55(61)62)52(85)74-44(18-13-23-72-58(67)68)48(81)30-40(25-34(3)4)54(87)76-45(26-35(5)6)49(82)31-41(32-77)50(60)83/h33-35,37-45,77H,8-32,59H2,1-7H3,(H2,60,83)(H,73,84)(H,74,85)(H,75,86)(H,76,87)(H4,61,62,69)(H4,63,64,70)(H4,65,66,71)(H4,67,68,72)/t37-,38-,39-,40-,41+,42+,43+,44+,45+/m1/s1. The van der Waals surface area contributed by atoms with Crippen molar-refractivity contribution < 1.29 is 53.1 Å². The number of aliphatic imine (C=N–C) groups is 4. The van der Waals surface area contributed by atoms with Crippen molar-refractivity contribution in [3.8, 4) is 0 Å². The minimum absolute atomic E-state index is 0.00538. The Morgan fingerprint density at radius 2 is 0.655 bits per heavy atom. The minimum atomic E-state index is -1.27. The number of ketones is 5. The van der Waals surface area contributed by atoms with Gasteiger partial charge in [0.05, 0.1) is 36.7 Å². The van der Waals surface area contributed by atoms with Crippen molar-refractivity contribution in [3.05, 3.63) is 0 Å². The summed E-state index contributed by atoms with van der Waals surface area (Å²) in [5.74, 6) is -11.8. The highest BCUT2D eigenvalue weighted by molar-refractivity contribution is 5.98. The third-order valence-electron chi connectivity index (χ3n) is 14.3. The Kier molecular flexibility index (Phi) is 40.5. The number of nitrogens with one attached hydrogen (secondary N) is 4. The fourth-order valence-electron chi connectivity index (χ4n) is 9.93. The van der Waals surface area contributed by atoms with E-state index in [-0.39, 0.29) is 164 Å². The number of primary amides is 1. The maximum Gasteiger partial charge on any atom is 0.224 e. The van der Waals surface area contributed by atoms with Crippen LogP contribution in [0.1, 0.15) is 170 Å². The summed E-state index contributed by atoms with van der Waals surface area (Å²) in [6.07, 6.45) is 0.986. The van der Waals surface area contributed by atoms with E-state index in [0.29, 0.717) is 19.3 Å². The topological polar surface area (TPSA) is 549 Å². The Bertz CT molecular complexity index is 2310. The summed E-state index contributed by atoms with van der Waals surface area (Å²) in [7, 11) is 0. The van der Waals surface area contributed by atoms with Crippen LogP contribution in [-0.4, -0.2) is 151 Å². The molecule has 0 radical (unpaired) electrons. The van der Waals surface area contributed by atoms with Crippen molar-refractivity contribution in [2.45, 2.75) is 195 Å². The Hall–Kier alpha value is -7.30. The smallest absolute Gasteiger partial charge is 0.224 e. The van der Waals surface area contributed by atoms with E-state index >= 15 is 0 Å². The minimum Gasteiger partial charge on any atom is -0.396 e. The number of aliphatic hydroxyl groups is 1. The second-order valence-corrected chi connectivity index (χ2v) is 23.9. The number of hydrogen-bond donors (Lipinski definition) is 15. The van der Waals surface area contributed by atoms with Gasteiger partial charge in [-0.1, -0.05) is 48.0 Å². The molecule has 29 nitrogen and oxygen atoms in total. The second kappa shape index (κ2) is 44.2. The zero-order valence-corrected chi connectivity index (χ0v) is 52.7. The van der Waals surface area contributed by atoms with Crippen LogP contribution in [0.4, 0.5) is 0 Å². The molecule has 0 aliphatic heterocycles. The molecule has 0 aromatic heterocycles. The summed E-state index contributed by atoms with van der Waals surface area (Å²) in [6.45, 7) is 12.5. The number of hydrogen-bond acceptors (Lipinski definition) is 16. The van der Waals surface area contributed by atoms with Gasteiger partial charge < -0.3 is 88.5 Å². The summed E-state index contributed by atoms with van der Waals surface area (Å²) < 4.78 is 0. The van der Waals surface area contributed by atoms with Crippen LogP contribution in [0, 0.1) is 47.3 Å². The quantitative estimate of drug-likeness (QED) is 0.0193. The molecule has 0 saturated heterocycles. The van der Waals surface area contributed by atoms with Crippen molar-refractivity contribution >= 4 is 82.3 Å². The molecule has 0 heterocycles. The van der Waals surface area contributed by atoms with Crippen molar-refractivity contribution in [1.82, 2.24) is 21.3 Å². The molecule has 0 spiro atoms. The van der Waals surface area contributed by atoms with Gasteiger partial charge in [-0.25, -0.2) is 0 Å². The highest BCUT2D eigenvalue weighted by Crippen LogP contribution is 2.24. The van der Waals surface area contributed by atoms with Crippen molar-refractivity contribution in [3.63, 3.8) is 0 Å². The largest absolute Gasteiger partial charge is 0.396 e. The molecule has 0 fully saturated rings. The number of aliphatic hydroxyl groups excluding tert-OH is 1. The molecule has 0 saturated carbocycles. The molecular formula is C58H108N18O11. The summed E-state index contributed by atoms with van der Waals surface area (Å²) in [5, 5.41) is 21.0. The second-order valence-electron chi connectivity index (χ2n) is 23.9. The van der Waals surface area contributed by atoms with Gasteiger partial charge in [-0.3, -0.25) is 63.1 Å². The van der Waals surface area contributed by atoms with Gasteiger partial charge >= 0.3 is 0 Å². The first kappa shape index (κ1) is 79.7. The van der Waals surface area contributed by atoms with Gasteiger partial charge in [0.25, 0.3) is 0 Å². The molecule has 5 amide bonds. The maximum absolute atomic E-state index is 14.8. The monoisotopic (exact) mass is 1230 g/mol. The molecular weight excluding hydrogens is 1120 g/mol. The Labute approximate surface area is 513 Å². The summed E-state index contributed by atoms with van der Waals surface area (Å²) >= 11 is 0. The maximum atomic E-state index is 14.8. The number of amides is 5. The predicted octanol–water partition coefficient (Wildman–Crippen LogP) is -1.22. The van der Waals surface area contributed by atoms with E-state index in [1.54, 1.807) is 0 Å². The van der Waals surface area contributed by atoms with E-state index in [0.717, 1.165) is 0 Å². The number of carbonyl (C=O) groups is 10. The van der Waals surface area contributed by atoms with Gasteiger partial charge in [-0.15, -0.1) is 0 Å². The number of nitrogens with two attached hydrogens (primary N) is 10. The highest BCUT2D eigenvalue weighted by atomic mass is 16.3. The molecule has 0 unspecified atom stereocenters. The van der Waals surface area contributed by atoms with Crippen LogP contribution in [0.3, 0.4) is 0 Å². The lowest BCUT2D eigenvalue weighted by Gasteiger charge is -2.27. The average Bonchev–Trinajstić information content (AvgIpc) is 3.11. The number of rotatable bonds is 50. The third-order valence-corrected chi connectivity index (χ3v) is 14.3. The molecule has 29 heteroatoms. The average molecular weight is 1230 g/mol. The zero-order chi connectivity index (χ0) is 66.3. The van der Waals surface area contributed by atoms with Crippen LogP contribution >= 0.6 is 0 Å². The van der Waals surface area contributed by atoms with E-state index in [1.165, 1.54) is 6.92 Å². The van der Waals surface area contributed by atoms with E-state index < -0.39 is 132 Å². The fourth-order valence-corrected chi connectivity index (χ4v) is 9.93. The number of guanidine groups is 4. The van der Waals surface area contributed by atoms with Crippen LogP contribution in [-0.2, 0) is 47.9 Å². The van der Waals surface area contributed by atoms with Gasteiger partial charge in [0, 0.05) is 82.0 Å². The first-order valence-corrected chi connectivity index (χ1v) is 30.4. The van der Waals surface area contributed by atoms with E-state index in [4.69, 9.17) is 57.3 Å². The van der Waals surface area contributed by atoms with Crippen LogP contribution in [0.25, 0.3) is 0 Å². The van der Waals surface area contributed by atoms with Gasteiger partial charge in [-0.05, 0) is 115 Å². The molecule has 0 bridgehead atoms. The number of nitrogens with zero attached hydrogens (tertiary/aromatic N) is 4. The number of Topliss-reactive ketones (excluding diaryl/α,β-unsaturated/α-hetero) is 5. The first-order valence-electron chi connectivity index (χ1n) is 30.4. The van der Waals surface area contributed by atoms with E-state index in [9.17, 15) is 53.1 Å². The lowest BCUT2D eigenvalue weighted by molar-refractivity contribution is -0.136. The Morgan fingerprint density at radius 3 is 0.966 bits per heavy atom. The molecule has 0 aliphatic rings. The lowest BCUT2D eigenvalue weighted by atomic mass is 9.87. The van der Waals surface area contributed by atoms with Crippen molar-refractivity contribution in [2.75, 3.05) is 39.3 Å². The van der Waals surface area contributed by atoms with Gasteiger partial charge in [-0.2, -0.15) is 0 Å². The summed E-state index contributed by atoms with van der Waals surface area (Å²) in [6, 6.07) is -4.70. The molecule has 0 aromatic rings. The van der Waals surface area contributed by atoms with Gasteiger partial charge in [0.1, 0.15) is 5.78 Å². The Morgan fingerprint density at radius 1 is 0.368 bits per heavy atom. The van der Waals surface area contributed by atoms with Gasteiger partial charge in [0.2, 0.25) is 29.5 Å². The molecule has 0 rings (SSSR count). The number of unbranched alkanes of at least 4 members (excludes halogenated alkanes) is 1. The van der Waals surface area contributed by atoms with Crippen molar-refractivity contribution in [1.29, 1.82) is 0 Å². The summed E-state index contributed by atoms with van der Waals surface area (Å²) in [5.41, 5.74) is 56.0. The van der Waals surface area contributed by atoms with Crippen LogP contribution in [0.15, 0.2) is 20.0 Å².